The molecule has 0 spiro atoms. The van der Waals surface area contributed by atoms with Gasteiger partial charge in [0, 0.05) is 32.9 Å². The molecule has 12 N–H and O–H groups in total. The smallest absolute Gasteiger partial charge is 0.321 e. The van der Waals surface area contributed by atoms with Crippen LogP contribution in [0.4, 0.5) is 27.5 Å². The van der Waals surface area contributed by atoms with Gasteiger partial charge in [-0.2, -0.15) is 67.3 Å². The van der Waals surface area contributed by atoms with Crippen LogP contribution in [0.5, 0.6) is 0 Å². The molecule has 0 saturated carbocycles. The van der Waals surface area contributed by atoms with Crippen molar-refractivity contribution in [3.63, 3.8) is 0 Å². The van der Waals surface area contributed by atoms with E-state index in [0.717, 1.165) is 0 Å². The minimum absolute atomic E-state index is 0.289. The lowest BCUT2D eigenvalue weighted by molar-refractivity contribution is 0.101. The molecular weight excluding hydrogens is 1160 g/mol. The molecule has 39 heteroatoms. The van der Waals surface area contributed by atoms with Gasteiger partial charge >= 0.3 is 6.03 Å². The Balaban J connectivity index is 1.42. The van der Waals surface area contributed by atoms with Crippen LogP contribution in [-0.2, 0) is 80.9 Å². The molecule has 0 unspecified atom stereocenters. The van der Waals surface area contributed by atoms with Crippen LogP contribution >= 0.6 is 0 Å². The number of carbonyl (C=O) groups is 3. The fourth-order valence-corrected chi connectivity index (χ4v) is 12.1. The number of urea groups is 1. The monoisotopic (exact) mass is 1190 g/mol. The predicted octanol–water partition coefficient (Wildman–Crippen LogP) is 2.12. The number of benzene rings is 6. The average Bonchev–Trinajstić information content (AvgIpc) is 3.22. The van der Waals surface area contributed by atoms with Gasteiger partial charge in [-0.15, -0.1) is 0 Å². The number of hydrogen-bond acceptors (Lipinski definition) is 19. The Labute approximate surface area is 415 Å². The lowest BCUT2D eigenvalue weighted by atomic mass is 10.1. The number of amides is 4. The van der Waals surface area contributed by atoms with E-state index in [1.54, 1.807) is 0 Å². The van der Waals surface area contributed by atoms with Crippen molar-refractivity contribution in [2.75, 3.05) is 21.3 Å². The maximum atomic E-state index is 13.8. The van der Waals surface area contributed by atoms with E-state index in [4.69, 9.17) is 0 Å². The zero-order valence-corrected chi connectivity index (χ0v) is 41.7. The summed E-state index contributed by atoms with van der Waals surface area (Å²) >= 11 is 0. The van der Waals surface area contributed by atoms with E-state index in [9.17, 15) is 118 Å². The van der Waals surface area contributed by atoms with Gasteiger partial charge in [0.15, 0.2) is 0 Å². The Bertz CT molecular complexity index is 4180. The fraction of sp³-hybridized carbons (Fsp3) is 0. The van der Waals surface area contributed by atoms with Crippen LogP contribution in [0, 0.1) is 0 Å². The number of carbonyl (C=O) groups excluding carboxylic acids is 3. The quantitative estimate of drug-likeness (QED) is 0.0695. The first-order valence-electron chi connectivity index (χ1n) is 18.5. The van der Waals surface area contributed by atoms with Crippen LogP contribution in [0.25, 0.3) is 21.5 Å². The van der Waals surface area contributed by atoms with Crippen molar-refractivity contribution >= 4 is 143 Å². The van der Waals surface area contributed by atoms with Crippen molar-refractivity contribution < 1.29 is 118 Å². The van der Waals surface area contributed by atoms with E-state index in [-0.39, 0.29) is 12.1 Å². The summed E-state index contributed by atoms with van der Waals surface area (Å²) in [7, 11) is -43.7. The van der Waals surface area contributed by atoms with E-state index in [1.165, 1.54) is 0 Å². The molecule has 396 valence electrons. The van der Waals surface area contributed by atoms with Crippen LogP contribution in [0.15, 0.2) is 124 Å². The molecule has 4 amide bonds. The molecule has 0 aliphatic rings. The summed E-state index contributed by atoms with van der Waals surface area (Å²) in [5, 5.41) is 3.39. The summed E-state index contributed by atoms with van der Waals surface area (Å²) in [5.74, 6) is -3.56. The lowest BCUT2D eigenvalue weighted by Crippen LogP contribution is -2.22. The second kappa shape index (κ2) is 18.9. The van der Waals surface area contributed by atoms with Crippen molar-refractivity contribution in [2.45, 2.75) is 39.2 Å². The SMILES string of the molecule is O=C(Nc1ccc(S(=O)(=O)O)c(C(=O)Nc2cc(S(=O)(=O)O)cc3c(S(=O)(=O)O)ccc(S(=O)(=O)O)c23)c1)Nc1ccc(S(=O)(=O)O)c(C(=O)Nc2cc(S(=O)(=O)O)cc3c(S(=O)(=O)O)ccc(S(=O)(=O)O)c23)c1. The van der Waals surface area contributed by atoms with Gasteiger partial charge in [-0.05, 0) is 84.9 Å². The van der Waals surface area contributed by atoms with Crippen LogP contribution in [0.3, 0.4) is 0 Å². The molecule has 0 bridgehead atoms. The molecule has 0 saturated heterocycles. The molecule has 0 fully saturated rings. The van der Waals surface area contributed by atoms with Gasteiger partial charge in [-0.1, -0.05) is 0 Å². The van der Waals surface area contributed by atoms with Crippen molar-refractivity contribution in [1.29, 1.82) is 0 Å². The first-order valence-corrected chi connectivity index (χ1v) is 30.0. The number of nitrogens with one attached hydrogen (secondary N) is 4. The third-order valence-corrected chi connectivity index (χ3v) is 16.8. The molecule has 6 aromatic carbocycles. The maximum Gasteiger partial charge on any atom is 0.323 e. The molecule has 0 aliphatic heterocycles. The standard InChI is InChI=1S/C35H26N4O27S8/c40-33(38-23-13-17(67(43,44)45)11-19-25(69(49,50)51)5-7-29(31(19)23)73(61,62)63)21-9-15(1-3-27(21)71(55,56)57)36-35(42)37-16-2-4-28(72(58,59)60)22(10-16)34(41)39-24-14-18(68(46,47)48)12-20-26(70(52,53)54)6-8-30(32(20)24)74(64,65)66/h1-14H,(H,38,40)(H,39,41)(H2,36,37,42)(H,43,44,45)(H,46,47,48)(H,49,50,51)(H,52,53,54)(H,55,56,57)(H,58,59,60)(H,61,62,63)(H,64,65,66). The summed E-state index contributed by atoms with van der Waals surface area (Å²) in [6.07, 6.45) is 0. The zero-order chi connectivity index (χ0) is 55.9. The predicted molar refractivity (Wildman–Crippen MR) is 248 cm³/mol. The highest BCUT2D eigenvalue weighted by molar-refractivity contribution is 7.88. The van der Waals surface area contributed by atoms with Gasteiger partial charge in [0.05, 0.1) is 32.3 Å². The number of rotatable bonds is 14. The molecule has 6 rings (SSSR count). The van der Waals surface area contributed by atoms with E-state index in [2.05, 4.69) is 0 Å². The Morgan fingerprint density at radius 1 is 0.311 bits per heavy atom. The largest absolute Gasteiger partial charge is 0.323 e. The van der Waals surface area contributed by atoms with Gasteiger partial charge in [0.2, 0.25) is 0 Å². The van der Waals surface area contributed by atoms with Crippen molar-refractivity contribution in [3.8, 4) is 0 Å². The molecular formula is C35H26N4O27S8. The lowest BCUT2D eigenvalue weighted by Gasteiger charge is -2.17. The summed E-state index contributed by atoms with van der Waals surface area (Å²) < 4.78 is 276. The van der Waals surface area contributed by atoms with Gasteiger partial charge < -0.3 is 21.3 Å². The van der Waals surface area contributed by atoms with Crippen LogP contribution < -0.4 is 21.3 Å². The minimum atomic E-state index is -5.49. The first kappa shape index (κ1) is 56.6. The molecule has 0 aliphatic carbocycles. The molecule has 74 heavy (non-hydrogen) atoms. The van der Waals surface area contributed by atoms with Gasteiger partial charge in [-0.25, -0.2) is 4.79 Å². The molecule has 31 nitrogen and oxygen atoms in total. The second-order valence-electron chi connectivity index (χ2n) is 14.6. The fourth-order valence-electron chi connectivity index (χ4n) is 6.87. The number of anilines is 4. The van der Waals surface area contributed by atoms with Gasteiger partial charge in [0.25, 0.3) is 92.8 Å². The average molecular weight is 1190 g/mol. The Morgan fingerprint density at radius 2 is 0.581 bits per heavy atom. The highest BCUT2D eigenvalue weighted by Gasteiger charge is 2.31. The van der Waals surface area contributed by atoms with Crippen LogP contribution in [0.2, 0.25) is 0 Å². The third kappa shape index (κ3) is 12.1. The second-order valence-corrected chi connectivity index (χ2v) is 25.8. The van der Waals surface area contributed by atoms with Gasteiger partial charge in [0.1, 0.15) is 29.4 Å². The number of fused-ring (bicyclic) bond motifs is 2. The van der Waals surface area contributed by atoms with Crippen molar-refractivity contribution in [3.05, 3.63) is 96.1 Å². The maximum absolute atomic E-state index is 13.8. The summed E-state index contributed by atoms with van der Waals surface area (Å²) in [5.41, 5.74) is -5.97. The zero-order valence-electron chi connectivity index (χ0n) is 35.2. The van der Waals surface area contributed by atoms with E-state index < -0.39 is 193 Å². The normalized spacial score (nSPS) is 13.1. The minimum Gasteiger partial charge on any atom is -0.321 e. The van der Waals surface area contributed by atoms with Gasteiger partial charge in [-0.3, -0.25) is 46.0 Å². The van der Waals surface area contributed by atoms with Crippen LogP contribution in [0.1, 0.15) is 20.7 Å². The Morgan fingerprint density at radius 3 is 0.851 bits per heavy atom. The van der Waals surface area contributed by atoms with E-state index in [1.807, 2.05) is 21.3 Å². The summed E-state index contributed by atoms with van der Waals surface area (Å²) in [6.45, 7) is 0. The molecule has 0 atom stereocenters. The molecule has 0 radical (unpaired) electrons. The van der Waals surface area contributed by atoms with E-state index in [0.29, 0.717) is 72.8 Å². The molecule has 0 aromatic heterocycles. The molecule has 6 aromatic rings. The molecule has 0 heterocycles. The highest BCUT2D eigenvalue weighted by Crippen LogP contribution is 2.39. The Hall–Kier alpha value is -6.67. The van der Waals surface area contributed by atoms with E-state index >= 15 is 0 Å². The topological polar surface area (TPSA) is 534 Å². The van der Waals surface area contributed by atoms with Crippen molar-refractivity contribution in [1.82, 2.24) is 0 Å². The number of hydrogen-bond donors (Lipinski definition) is 12. The summed E-state index contributed by atoms with van der Waals surface area (Å²) in [4.78, 5) is 30.7. The first-order chi connectivity index (χ1) is 33.5. The summed E-state index contributed by atoms with van der Waals surface area (Å²) in [6, 6.07) is 4.48. The van der Waals surface area contributed by atoms with Crippen LogP contribution in [-0.4, -0.2) is 122 Å². The van der Waals surface area contributed by atoms with Crippen molar-refractivity contribution in [2.24, 2.45) is 0 Å². The third-order valence-electron chi connectivity index (χ3n) is 9.74. The Kier molecular flexibility index (Phi) is 14.5. The highest BCUT2D eigenvalue weighted by atomic mass is 32.2.